The molecule has 2 atom stereocenters. The number of nitrogens with zero attached hydrogens (tertiary/aromatic N) is 7. The smallest absolute Gasteiger partial charge is 0.332 e. The highest BCUT2D eigenvalue weighted by molar-refractivity contribution is 5.84. The van der Waals surface area contributed by atoms with E-state index in [1.165, 1.54) is 9.13 Å². The number of likely N-dealkylation sites (N-methyl/N-ethyl adjacent to an activating group) is 1. The van der Waals surface area contributed by atoms with Crippen LogP contribution in [0.2, 0.25) is 0 Å². The van der Waals surface area contributed by atoms with Crippen LogP contribution in [0, 0.1) is 11.8 Å². The van der Waals surface area contributed by atoms with E-state index in [1.54, 1.807) is 14.0 Å². The summed E-state index contributed by atoms with van der Waals surface area (Å²) in [5.74, 6) is 7.25. The Hall–Kier alpha value is -3.32. The number of rotatable bonds is 4. The summed E-state index contributed by atoms with van der Waals surface area (Å²) in [5, 5.41) is 0. The zero-order chi connectivity index (χ0) is 23.9. The summed E-state index contributed by atoms with van der Waals surface area (Å²) in [6, 6.07) is 0.170. The number of hydrogen-bond donors (Lipinski definition) is 1. The van der Waals surface area contributed by atoms with Gasteiger partial charge in [0.1, 0.15) is 5.84 Å². The Morgan fingerprint density at radius 3 is 2.70 bits per heavy atom. The van der Waals surface area contributed by atoms with Gasteiger partial charge in [0, 0.05) is 45.0 Å². The van der Waals surface area contributed by atoms with Crippen molar-refractivity contribution in [1.82, 2.24) is 23.6 Å². The van der Waals surface area contributed by atoms with Crippen molar-refractivity contribution >= 4 is 22.9 Å². The third-order valence-corrected chi connectivity index (χ3v) is 6.47. The van der Waals surface area contributed by atoms with Crippen molar-refractivity contribution in [1.29, 1.82) is 0 Å². The summed E-state index contributed by atoms with van der Waals surface area (Å²) >= 11 is 0. The molecule has 0 amide bonds. The minimum absolute atomic E-state index is 0.0443. The van der Waals surface area contributed by atoms with Crippen LogP contribution < -0.4 is 21.9 Å². The van der Waals surface area contributed by atoms with Crippen molar-refractivity contribution in [3.63, 3.8) is 0 Å². The molecule has 0 saturated carbocycles. The number of fused-ring (bicyclic) bond motifs is 1. The van der Waals surface area contributed by atoms with E-state index in [0.717, 1.165) is 25.1 Å². The van der Waals surface area contributed by atoms with Crippen molar-refractivity contribution in [2.75, 3.05) is 25.0 Å². The lowest BCUT2D eigenvalue weighted by atomic mass is 10.1. The van der Waals surface area contributed by atoms with Crippen LogP contribution in [0.25, 0.3) is 11.2 Å². The van der Waals surface area contributed by atoms with E-state index in [1.807, 2.05) is 29.5 Å². The van der Waals surface area contributed by atoms with Gasteiger partial charge in [-0.05, 0) is 39.7 Å². The van der Waals surface area contributed by atoms with E-state index in [-0.39, 0.29) is 24.2 Å². The predicted octanol–water partition coefficient (Wildman–Crippen LogP) is 0.484. The normalized spacial score (nSPS) is 21.0. The minimum atomic E-state index is -0.420. The Morgan fingerprint density at radius 2 is 2.00 bits per heavy atom. The van der Waals surface area contributed by atoms with Gasteiger partial charge in [-0.15, -0.1) is 5.92 Å². The lowest BCUT2D eigenvalue weighted by Gasteiger charge is -2.31. The molecule has 10 heteroatoms. The number of hydrogen-bond acceptors (Lipinski definition) is 7. The molecular formula is C23H32N8O2. The van der Waals surface area contributed by atoms with Crippen molar-refractivity contribution < 1.29 is 0 Å². The molecule has 33 heavy (non-hydrogen) atoms. The zero-order valence-electron chi connectivity index (χ0n) is 20.0. The zero-order valence-corrected chi connectivity index (χ0v) is 20.0. The second kappa shape index (κ2) is 8.90. The van der Waals surface area contributed by atoms with Crippen LogP contribution in [0.1, 0.15) is 33.6 Å². The average molecular weight is 453 g/mol. The number of aromatic nitrogens is 4. The Morgan fingerprint density at radius 1 is 1.24 bits per heavy atom. The van der Waals surface area contributed by atoms with E-state index in [9.17, 15) is 9.59 Å². The standard InChI is InChI=1S/C23H32N8O2/c1-6-7-11-30-19-20(26-22(30)29-10-8-9-17(24)13-29)28(5)23(33)31(21(19)32)14-18-25-15(2)12-16(3)27(18)4/h12,16-17H,8-11,13-14,24H2,1-5H3/t16?,17-/m1/s1. The van der Waals surface area contributed by atoms with Crippen molar-refractivity contribution in [3.05, 3.63) is 32.6 Å². The topological polar surface area (TPSA) is 107 Å². The molecule has 10 nitrogen and oxygen atoms in total. The fraction of sp³-hybridized carbons (Fsp3) is 0.565. The number of aliphatic imine (C=N–C) groups is 1. The highest BCUT2D eigenvalue weighted by atomic mass is 16.2. The maximum atomic E-state index is 13.7. The fourth-order valence-electron chi connectivity index (χ4n) is 4.54. The average Bonchev–Trinajstić information content (AvgIpc) is 3.16. The Kier molecular flexibility index (Phi) is 6.17. The lowest BCUT2D eigenvalue weighted by molar-refractivity contribution is 0.424. The largest absolute Gasteiger partial charge is 0.355 e. The molecule has 176 valence electrons. The summed E-state index contributed by atoms with van der Waals surface area (Å²) < 4.78 is 4.50. The molecule has 2 aliphatic heterocycles. The molecule has 2 aromatic heterocycles. The first-order valence-corrected chi connectivity index (χ1v) is 11.3. The molecule has 1 saturated heterocycles. The van der Waals surface area contributed by atoms with Crippen molar-refractivity contribution in [2.45, 2.75) is 58.8 Å². The molecule has 2 aromatic rings. The van der Waals surface area contributed by atoms with Crippen LogP contribution >= 0.6 is 0 Å². The predicted molar refractivity (Wildman–Crippen MR) is 131 cm³/mol. The molecule has 0 spiro atoms. The summed E-state index contributed by atoms with van der Waals surface area (Å²) in [4.78, 5) is 40.3. The molecule has 0 radical (unpaired) electrons. The highest BCUT2D eigenvalue weighted by Crippen LogP contribution is 2.23. The van der Waals surface area contributed by atoms with E-state index in [2.05, 4.69) is 28.7 Å². The fourth-order valence-corrected chi connectivity index (χ4v) is 4.54. The quantitative estimate of drug-likeness (QED) is 0.677. The molecule has 1 unspecified atom stereocenters. The first-order chi connectivity index (χ1) is 15.7. The number of anilines is 1. The maximum absolute atomic E-state index is 13.7. The molecule has 0 bridgehead atoms. The number of piperidine rings is 1. The number of nitrogens with two attached hydrogens (primary N) is 1. The van der Waals surface area contributed by atoms with E-state index in [4.69, 9.17) is 10.7 Å². The van der Waals surface area contributed by atoms with Gasteiger partial charge in [0.15, 0.2) is 11.2 Å². The molecule has 1 fully saturated rings. The van der Waals surface area contributed by atoms with E-state index < -0.39 is 5.69 Å². The first-order valence-electron chi connectivity index (χ1n) is 11.3. The van der Waals surface area contributed by atoms with Gasteiger partial charge in [0.05, 0.1) is 13.1 Å². The van der Waals surface area contributed by atoms with Gasteiger partial charge in [0.25, 0.3) is 5.56 Å². The molecule has 0 aromatic carbocycles. The number of aryl methyl sites for hydroxylation is 1. The van der Waals surface area contributed by atoms with Gasteiger partial charge < -0.3 is 15.5 Å². The monoisotopic (exact) mass is 452 g/mol. The third-order valence-electron chi connectivity index (χ3n) is 6.47. The molecule has 4 rings (SSSR count). The molecule has 2 N–H and O–H groups in total. The number of allylic oxidation sites excluding steroid dienone is 1. The lowest BCUT2D eigenvalue weighted by Crippen LogP contribution is -2.46. The van der Waals surface area contributed by atoms with Gasteiger partial charge in [0.2, 0.25) is 5.95 Å². The van der Waals surface area contributed by atoms with Gasteiger partial charge >= 0.3 is 5.69 Å². The van der Waals surface area contributed by atoms with Crippen molar-refractivity contribution in [2.24, 2.45) is 17.8 Å². The first kappa shape index (κ1) is 22.9. The summed E-state index contributed by atoms with van der Waals surface area (Å²) in [6.07, 6.45) is 3.95. The van der Waals surface area contributed by atoms with E-state index >= 15 is 0 Å². The van der Waals surface area contributed by atoms with Gasteiger partial charge in [-0.3, -0.25) is 18.5 Å². The second-order valence-corrected chi connectivity index (χ2v) is 8.87. The Balaban J connectivity index is 1.90. The maximum Gasteiger partial charge on any atom is 0.332 e. The molecular weight excluding hydrogens is 420 g/mol. The van der Waals surface area contributed by atoms with Crippen LogP contribution in [0.3, 0.4) is 0 Å². The SMILES string of the molecule is CC#CCn1c(N2CCC[C@@H](N)C2)nc2c1c(=O)n(CC1=NC(C)=CC(C)N1C)c(=O)n2C. The van der Waals surface area contributed by atoms with Gasteiger partial charge in [-0.1, -0.05) is 5.92 Å². The van der Waals surface area contributed by atoms with Crippen LogP contribution in [0.15, 0.2) is 26.4 Å². The Bertz CT molecular complexity index is 1320. The van der Waals surface area contributed by atoms with Crippen LogP contribution in [0.4, 0.5) is 5.95 Å². The van der Waals surface area contributed by atoms with Crippen molar-refractivity contribution in [3.8, 4) is 11.8 Å². The summed E-state index contributed by atoms with van der Waals surface area (Å²) in [7, 11) is 3.56. The van der Waals surface area contributed by atoms with E-state index in [0.29, 0.717) is 36.0 Å². The highest BCUT2D eigenvalue weighted by Gasteiger charge is 2.27. The van der Waals surface area contributed by atoms with Crippen LogP contribution in [-0.2, 0) is 20.1 Å². The Labute approximate surface area is 193 Å². The van der Waals surface area contributed by atoms with Crippen LogP contribution in [-0.4, -0.2) is 61.6 Å². The number of amidine groups is 1. The third kappa shape index (κ3) is 4.09. The molecule has 4 heterocycles. The number of imidazole rings is 1. The molecule has 0 aliphatic carbocycles. The minimum Gasteiger partial charge on any atom is -0.355 e. The summed E-state index contributed by atoms with van der Waals surface area (Å²) in [5.41, 5.74) is 6.99. The van der Waals surface area contributed by atoms with Gasteiger partial charge in [-0.2, -0.15) is 4.98 Å². The van der Waals surface area contributed by atoms with Gasteiger partial charge in [-0.25, -0.2) is 9.79 Å². The second-order valence-electron chi connectivity index (χ2n) is 8.87. The summed E-state index contributed by atoms with van der Waals surface area (Å²) in [6.45, 7) is 7.57. The molecule has 2 aliphatic rings. The van der Waals surface area contributed by atoms with Crippen LogP contribution in [0.5, 0.6) is 0 Å².